The zero-order chi connectivity index (χ0) is 18.4. The molecule has 0 N–H and O–H groups in total. The molecule has 0 saturated carbocycles. The number of pyridine rings is 1. The van der Waals surface area contributed by atoms with Gasteiger partial charge in [-0.05, 0) is 68.0 Å². The molecule has 0 aliphatic heterocycles. The highest BCUT2D eigenvalue weighted by Gasteiger charge is 2.23. The Morgan fingerprint density at radius 3 is 2.33 bits per heavy atom. The van der Waals surface area contributed by atoms with Crippen LogP contribution in [0.2, 0.25) is 0 Å². The molecule has 2 heterocycles. The number of aryl methyl sites for hydroxylation is 2. The van der Waals surface area contributed by atoms with Gasteiger partial charge in [-0.2, -0.15) is 5.10 Å². The van der Waals surface area contributed by atoms with Gasteiger partial charge in [-0.3, -0.25) is 0 Å². The summed E-state index contributed by atoms with van der Waals surface area (Å²) in [5.74, 6) is 0. The van der Waals surface area contributed by atoms with E-state index in [0.29, 0.717) is 0 Å². The van der Waals surface area contributed by atoms with Gasteiger partial charge in [0.25, 0.3) is 0 Å². The quantitative estimate of drug-likeness (QED) is 0.398. The second-order valence-corrected chi connectivity index (χ2v) is 8.08. The van der Waals surface area contributed by atoms with Gasteiger partial charge in [0.15, 0.2) is 5.65 Å². The van der Waals surface area contributed by atoms with Crippen LogP contribution in [-0.2, 0) is 12.8 Å². The van der Waals surface area contributed by atoms with E-state index in [9.17, 15) is 0 Å². The first-order valence-electron chi connectivity index (χ1n) is 9.45. The van der Waals surface area contributed by atoms with Crippen molar-refractivity contribution in [2.75, 3.05) is 0 Å². The lowest BCUT2D eigenvalue weighted by molar-refractivity contribution is 0.688. The first kappa shape index (κ1) is 16.7. The van der Waals surface area contributed by atoms with Crippen LogP contribution < -0.4 is 0 Å². The number of benzene rings is 2. The Kier molecular flexibility index (Phi) is 4.09. The molecule has 4 heteroatoms. The summed E-state index contributed by atoms with van der Waals surface area (Å²) in [6.45, 7) is 2.11. The fourth-order valence-electron chi connectivity index (χ4n) is 4.18. The fourth-order valence-corrected chi connectivity index (χ4v) is 4.45. The van der Waals surface area contributed by atoms with E-state index >= 15 is 0 Å². The van der Waals surface area contributed by atoms with Gasteiger partial charge in [-0.15, -0.1) is 0 Å². The van der Waals surface area contributed by atoms with Crippen LogP contribution in [0.15, 0.2) is 59.1 Å². The van der Waals surface area contributed by atoms with E-state index in [0.717, 1.165) is 40.0 Å². The number of halogens is 1. The highest BCUT2D eigenvalue weighted by molar-refractivity contribution is 9.10. The van der Waals surface area contributed by atoms with Gasteiger partial charge in [0.2, 0.25) is 0 Å². The van der Waals surface area contributed by atoms with Crippen LogP contribution in [0.25, 0.3) is 28.0 Å². The lowest BCUT2D eigenvalue weighted by atomic mass is 9.87. The molecule has 2 aromatic heterocycles. The van der Waals surface area contributed by atoms with Crippen LogP contribution >= 0.6 is 15.9 Å². The predicted molar refractivity (Wildman–Crippen MR) is 113 cm³/mol. The van der Waals surface area contributed by atoms with E-state index in [1.807, 2.05) is 22.9 Å². The van der Waals surface area contributed by atoms with Crippen LogP contribution in [-0.4, -0.2) is 14.8 Å². The van der Waals surface area contributed by atoms with Crippen molar-refractivity contribution in [1.82, 2.24) is 14.8 Å². The van der Waals surface area contributed by atoms with Gasteiger partial charge < -0.3 is 0 Å². The number of para-hydroxylation sites is 1. The third-order valence-corrected chi connectivity index (χ3v) is 5.96. The Balaban J connectivity index is 1.84. The molecule has 0 spiro atoms. The minimum atomic E-state index is 0.970. The summed E-state index contributed by atoms with van der Waals surface area (Å²) in [4.78, 5) is 5.17. The van der Waals surface area contributed by atoms with Crippen LogP contribution in [0.1, 0.15) is 29.7 Å². The topological polar surface area (TPSA) is 30.7 Å². The summed E-state index contributed by atoms with van der Waals surface area (Å²) in [7, 11) is 0. The van der Waals surface area contributed by atoms with E-state index < -0.39 is 0 Å². The highest BCUT2D eigenvalue weighted by atomic mass is 79.9. The number of hydrogen-bond donors (Lipinski definition) is 0. The molecule has 1 aliphatic carbocycles. The van der Waals surface area contributed by atoms with Gasteiger partial charge in [-0.1, -0.05) is 46.3 Å². The van der Waals surface area contributed by atoms with Crippen molar-refractivity contribution < 1.29 is 0 Å². The van der Waals surface area contributed by atoms with Gasteiger partial charge in [0, 0.05) is 15.4 Å². The molecule has 0 fully saturated rings. The Labute approximate surface area is 167 Å². The van der Waals surface area contributed by atoms with Crippen molar-refractivity contribution >= 4 is 27.0 Å². The molecule has 4 aromatic rings. The molecule has 0 amide bonds. The molecule has 0 atom stereocenters. The smallest absolute Gasteiger partial charge is 0.164 e. The lowest BCUT2D eigenvalue weighted by Crippen LogP contribution is -2.08. The number of fused-ring (bicyclic) bond motifs is 3. The minimum Gasteiger partial charge on any atom is -0.228 e. The maximum absolute atomic E-state index is 5.17. The van der Waals surface area contributed by atoms with Crippen molar-refractivity contribution in [1.29, 1.82) is 0 Å². The average Bonchev–Trinajstić information content (AvgIpc) is 3.05. The summed E-state index contributed by atoms with van der Waals surface area (Å²) in [6.07, 6.45) is 4.68. The molecule has 3 nitrogen and oxygen atoms in total. The third kappa shape index (κ3) is 2.79. The maximum Gasteiger partial charge on any atom is 0.164 e. The predicted octanol–water partition coefficient (Wildman–Crippen LogP) is 6.04. The number of hydrogen-bond acceptors (Lipinski definition) is 2. The molecule has 27 heavy (non-hydrogen) atoms. The SMILES string of the molecule is Cc1nn(-c2ccccc2)c2nc(-c3ccc(Br)cc3)c3c(c12)CCCC3. The van der Waals surface area contributed by atoms with Crippen molar-refractivity contribution in [2.24, 2.45) is 0 Å². The van der Waals surface area contributed by atoms with Crippen LogP contribution in [0.3, 0.4) is 0 Å². The molecular weight excluding hydrogens is 398 g/mol. The summed E-state index contributed by atoms with van der Waals surface area (Å²) >= 11 is 3.54. The molecule has 0 radical (unpaired) electrons. The van der Waals surface area contributed by atoms with Crippen LogP contribution in [0.4, 0.5) is 0 Å². The molecule has 0 unspecified atom stereocenters. The largest absolute Gasteiger partial charge is 0.228 e. The van der Waals surface area contributed by atoms with Gasteiger partial charge in [0.1, 0.15) is 0 Å². The molecule has 5 rings (SSSR count). The van der Waals surface area contributed by atoms with E-state index in [4.69, 9.17) is 10.1 Å². The maximum atomic E-state index is 5.17. The first-order chi connectivity index (χ1) is 13.2. The zero-order valence-electron chi connectivity index (χ0n) is 15.2. The standard InChI is InChI=1S/C23H20BrN3/c1-15-21-19-9-5-6-10-20(19)22(16-11-13-17(24)14-12-16)25-23(21)27(26-15)18-7-3-2-4-8-18/h2-4,7-8,11-14H,5-6,9-10H2,1H3. The van der Waals surface area contributed by atoms with Crippen molar-refractivity contribution in [2.45, 2.75) is 32.6 Å². The van der Waals surface area contributed by atoms with E-state index in [1.165, 1.54) is 34.9 Å². The van der Waals surface area contributed by atoms with Gasteiger partial charge in [-0.25, -0.2) is 9.67 Å². The van der Waals surface area contributed by atoms with Crippen molar-refractivity contribution in [3.05, 3.63) is 75.9 Å². The normalized spacial score (nSPS) is 13.7. The monoisotopic (exact) mass is 417 g/mol. The second-order valence-electron chi connectivity index (χ2n) is 7.16. The lowest BCUT2D eigenvalue weighted by Gasteiger charge is -2.20. The Morgan fingerprint density at radius 1 is 0.889 bits per heavy atom. The summed E-state index contributed by atoms with van der Waals surface area (Å²) in [5.41, 5.74) is 8.24. The summed E-state index contributed by atoms with van der Waals surface area (Å²) < 4.78 is 3.09. The molecule has 0 saturated heterocycles. The average molecular weight is 418 g/mol. The van der Waals surface area contributed by atoms with Crippen molar-refractivity contribution in [3.63, 3.8) is 0 Å². The summed E-state index contributed by atoms with van der Waals surface area (Å²) in [6, 6.07) is 18.8. The molecule has 134 valence electrons. The first-order valence-corrected chi connectivity index (χ1v) is 10.2. The Morgan fingerprint density at radius 2 is 1.59 bits per heavy atom. The Bertz CT molecular complexity index is 1130. The van der Waals surface area contributed by atoms with E-state index in [2.05, 4.69) is 59.3 Å². The number of rotatable bonds is 2. The second kappa shape index (κ2) is 6.61. The Hall–Kier alpha value is -2.46. The molecule has 2 aromatic carbocycles. The number of aromatic nitrogens is 3. The molecule has 0 bridgehead atoms. The van der Waals surface area contributed by atoms with Gasteiger partial charge in [0.05, 0.1) is 17.1 Å². The molecular formula is C23H20BrN3. The number of nitrogens with zero attached hydrogens (tertiary/aromatic N) is 3. The fraction of sp³-hybridized carbons (Fsp3) is 0.217. The third-order valence-electron chi connectivity index (χ3n) is 5.43. The highest BCUT2D eigenvalue weighted by Crippen LogP contribution is 2.37. The summed E-state index contributed by atoms with van der Waals surface area (Å²) in [5, 5.41) is 6.11. The zero-order valence-corrected chi connectivity index (χ0v) is 16.8. The minimum absolute atomic E-state index is 0.970. The van der Waals surface area contributed by atoms with Crippen LogP contribution in [0.5, 0.6) is 0 Å². The van der Waals surface area contributed by atoms with E-state index in [-0.39, 0.29) is 0 Å². The van der Waals surface area contributed by atoms with Crippen molar-refractivity contribution in [3.8, 4) is 16.9 Å². The molecule has 1 aliphatic rings. The van der Waals surface area contributed by atoms with Gasteiger partial charge >= 0.3 is 0 Å². The van der Waals surface area contributed by atoms with Crippen LogP contribution in [0, 0.1) is 6.92 Å². The van der Waals surface area contributed by atoms with E-state index in [1.54, 1.807) is 0 Å².